The van der Waals surface area contributed by atoms with E-state index >= 15 is 0 Å². The zero-order valence-electron chi connectivity index (χ0n) is 10.1. The highest BCUT2D eigenvalue weighted by Gasteiger charge is 2.08. The molecule has 0 radical (unpaired) electrons. The van der Waals surface area contributed by atoms with Gasteiger partial charge in [0.15, 0.2) is 0 Å². The Labute approximate surface area is 114 Å². The number of nitrogens with zero attached hydrogens (tertiary/aromatic N) is 1. The first-order chi connectivity index (χ1) is 9.29. The maximum atomic E-state index is 11.8. The molecule has 0 unspecified atom stereocenters. The second kappa shape index (κ2) is 6.73. The third-order valence-electron chi connectivity index (χ3n) is 2.28. The predicted octanol–water partition coefficient (Wildman–Crippen LogP) is 1.14. The van der Waals surface area contributed by atoms with Crippen LogP contribution in [0.2, 0.25) is 0 Å². The zero-order valence-corrected chi connectivity index (χ0v) is 11.0. The second-order valence-corrected chi connectivity index (χ2v) is 4.60. The van der Waals surface area contributed by atoms with E-state index < -0.39 is 0 Å². The summed E-state index contributed by atoms with van der Waals surface area (Å²) in [5, 5.41) is 13.2. The number of hydrogen-bond acceptors (Lipinski definition) is 4. The molecule has 0 bridgehead atoms. The van der Waals surface area contributed by atoms with Crippen molar-refractivity contribution in [1.29, 1.82) is 0 Å². The van der Waals surface area contributed by atoms with Crippen molar-refractivity contribution >= 4 is 17.2 Å². The van der Waals surface area contributed by atoms with E-state index in [1.54, 1.807) is 23.8 Å². The second-order valence-electron chi connectivity index (χ2n) is 3.69. The lowest BCUT2D eigenvalue weighted by atomic mass is 10.3. The first-order valence-corrected chi connectivity index (χ1v) is 6.62. The summed E-state index contributed by atoms with van der Waals surface area (Å²) in [5.74, 6) is 6.29. The van der Waals surface area contributed by atoms with Crippen LogP contribution in [0, 0.1) is 11.8 Å². The number of nitrogens with one attached hydrogen (secondary N) is 2. The van der Waals surface area contributed by atoms with E-state index in [1.807, 2.05) is 0 Å². The first-order valence-electron chi connectivity index (χ1n) is 5.74. The molecule has 19 heavy (non-hydrogen) atoms. The molecule has 2 rings (SSSR count). The molecule has 0 saturated heterocycles. The molecule has 2 aromatic heterocycles. The van der Waals surface area contributed by atoms with Crippen LogP contribution in [-0.4, -0.2) is 27.6 Å². The average molecular weight is 275 g/mol. The monoisotopic (exact) mass is 275 g/mol. The largest absolute Gasteiger partial charge is 0.395 e. The van der Waals surface area contributed by atoms with Gasteiger partial charge in [-0.25, -0.2) is 4.98 Å². The number of aliphatic hydroxyl groups is 1. The fourth-order valence-electron chi connectivity index (χ4n) is 1.39. The molecule has 2 aromatic rings. The van der Waals surface area contributed by atoms with Gasteiger partial charge in [0.2, 0.25) is 0 Å². The molecule has 98 valence electrons. The number of rotatable bonds is 4. The van der Waals surface area contributed by atoms with E-state index in [1.165, 1.54) is 11.3 Å². The number of aromatic nitrogens is 2. The predicted molar refractivity (Wildman–Crippen MR) is 72.7 cm³/mol. The van der Waals surface area contributed by atoms with E-state index in [0.29, 0.717) is 24.4 Å². The molecule has 5 nitrogen and oxygen atoms in total. The van der Waals surface area contributed by atoms with Crippen molar-refractivity contribution in [2.45, 2.75) is 13.0 Å². The maximum Gasteiger partial charge on any atom is 0.252 e. The molecule has 2 heterocycles. The SMILES string of the molecule is O=C(NCc1ncc[nH]1)c1csc(C#CCCO)c1. The van der Waals surface area contributed by atoms with Crippen molar-refractivity contribution < 1.29 is 9.90 Å². The molecule has 0 fully saturated rings. The number of carbonyl (C=O) groups excluding carboxylic acids is 1. The van der Waals surface area contributed by atoms with Gasteiger partial charge in [-0.1, -0.05) is 11.8 Å². The van der Waals surface area contributed by atoms with Crippen LogP contribution in [0.1, 0.15) is 27.5 Å². The van der Waals surface area contributed by atoms with E-state index in [0.717, 1.165) is 4.88 Å². The van der Waals surface area contributed by atoms with Crippen LogP contribution in [0.25, 0.3) is 0 Å². The van der Waals surface area contributed by atoms with Crippen molar-refractivity contribution in [3.8, 4) is 11.8 Å². The maximum absolute atomic E-state index is 11.8. The molecule has 0 aromatic carbocycles. The van der Waals surface area contributed by atoms with Crippen LogP contribution in [0.5, 0.6) is 0 Å². The minimum atomic E-state index is -0.150. The van der Waals surface area contributed by atoms with Gasteiger partial charge in [0.1, 0.15) is 5.82 Å². The summed E-state index contributed by atoms with van der Waals surface area (Å²) in [4.78, 5) is 19.6. The number of imidazole rings is 1. The van der Waals surface area contributed by atoms with Crippen LogP contribution in [0.4, 0.5) is 0 Å². The van der Waals surface area contributed by atoms with Crippen molar-refractivity contribution in [3.05, 3.63) is 40.1 Å². The minimum Gasteiger partial charge on any atom is -0.395 e. The molecule has 0 aliphatic carbocycles. The van der Waals surface area contributed by atoms with Gasteiger partial charge in [-0.05, 0) is 6.07 Å². The molecule has 0 saturated carbocycles. The molecule has 0 spiro atoms. The Bertz CT molecular complexity index is 593. The van der Waals surface area contributed by atoms with Gasteiger partial charge in [-0.15, -0.1) is 11.3 Å². The Balaban J connectivity index is 1.91. The van der Waals surface area contributed by atoms with Crippen LogP contribution in [0.3, 0.4) is 0 Å². The van der Waals surface area contributed by atoms with E-state index in [-0.39, 0.29) is 12.5 Å². The van der Waals surface area contributed by atoms with Gasteiger partial charge in [0.25, 0.3) is 5.91 Å². The highest BCUT2D eigenvalue weighted by atomic mass is 32.1. The molecule has 0 atom stereocenters. The van der Waals surface area contributed by atoms with Crippen LogP contribution in [-0.2, 0) is 6.54 Å². The quantitative estimate of drug-likeness (QED) is 0.732. The summed E-state index contributed by atoms with van der Waals surface area (Å²) in [6.07, 6.45) is 3.79. The lowest BCUT2D eigenvalue weighted by Gasteiger charge is -2.00. The smallest absolute Gasteiger partial charge is 0.252 e. The van der Waals surface area contributed by atoms with E-state index in [9.17, 15) is 4.79 Å². The lowest BCUT2D eigenvalue weighted by molar-refractivity contribution is 0.0950. The van der Waals surface area contributed by atoms with Crippen LogP contribution < -0.4 is 5.32 Å². The summed E-state index contributed by atoms with van der Waals surface area (Å²) < 4.78 is 0. The summed E-state index contributed by atoms with van der Waals surface area (Å²) in [6.45, 7) is 0.419. The molecular formula is C13H13N3O2S. The Hall–Kier alpha value is -2.10. The number of amides is 1. The minimum absolute atomic E-state index is 0.0505. The Morgan fingerprint density at radius 3 is 3.21 bits per heavy atom. The number of thiophene rings is 1. The number of aromatic amines is 1. The lowest BCUT2D eigenvalue weighted by Crippen LogP contribution is -2.22. The fourth-order valence-corrected chi connectivity index (χ4v) is 2.14. The van der Waals surface area contributed by atoms with Crippen LogP contribution in [0.15, 0.2) is 23.8 Å². The van der Waals surface area contributed by atoms with Crippen LogP contribution >= 0.6 is 11.3 Å². The topological polar surface area (TPSA) is 78.0 Å². The molecule has 0 aliphatic rings. The first kappa shape index (κ1) is 13.3. The Morgan fingerprint density at radius 1 is 1.58 bits per heavy atom. The van der Waals surface area contributed by atoms with E-state index in [2.05, 4.69) is 27.1 Å². The molecular weight excluding hydrogens is 262 g/mol. The number of H-pyrrole nitrogens is 1. The van der Waals surface area contributed by atoms with Crippen molar-refractivity contribution in [2.75, 3.05) is 6.61 Å². The fraction of sp³-hybridized carbons (Fsp3) is 0.231. The van der Waals surface area contributed by atoms with Gasteiger partial charge < -0.3 is 15.4 Å². The highest BCUT2D eigenvalue weighted by Crippen LogP contribution is 2.13. The van der Waals surface area contributed by atoms with Gasteiger partial charge in [-0.2, -0.15) is 0 Å². The van der Waals surface area contributed by atoms with Crippen molar-refractivity contribution in [3.63, 3.8) is 0 Å². The van der Waals surface area contributed by atoms with Gasteiger partial charge in [0, 0.05) is 24.2 Å². The van der Waals surface area contributed by atoms with Gasteiger partial charge in [0.05, 0.1) is 23.6 Å². The van der Waals surface area contributed by atoms with E-state index in [4.69, 9.17) is 5.11 Å². The third-order valence-corrected chi connectivity index (χ3v) is 3.13. The number of aliphatic hydroxyl groups excluding tert-OH is 1. The number of hydrogen-bond donors (Lipinski definition) is 3. The third kappa shape index (κ3) is 3.95. The van der Waals surface area contributed by atoms with Gasteiger partial charge in [-0.3, -0.25) is 4.79 Å². The summed E-state index contributed by atoms with van der Waals surface area (Å²) >= 11 is 1.41. The normalized spacial score (nSPS) is 9.74. The molecule has 3 N–H and O–H groups in total. The standard InChI is InChI=1S/C13H13N3O2S/c17-6-2-1-3-11-7-10(9-19-11)13(18)16-8-12-14-4-5-15-12/h4-5,7,9,17H,2,6,8H2,(H,14,15)(H,16,18). The van der Waals surface area contributed by atoms with Crippen molar-refractivity contribution in [1.82, 2.24) is 15.3 Å². The Kier molecular flexibility index (Phi) is 4.72. The zero-order chi connectivity index (χ0) is 13.5. The molecule has 0 aliphatic heterocycles. The summed E-state index contributed by atoms with van der Waals surface area (Å²) in [7, 11) is 0. The highest BCUT2D eigenvalue weighted by molar-refractivity contribution is 7.10. The molecule has 1 amide bonds. The summed E-state index contributed by atoms with van der Waals surface area (Å²) in [5.41, 5.74) is 0.588. The number of carbonyl (C=O) groups is 1. The molecule has 6 heteroatoms. The van der Waals surface area contributed by atoms with Gasteiger partial charge >= 0.3 is 0 Å². The Morgan fingerprint density at radius 2 is 2.47 bits per heavy atom. The van der Waals surface area contributed by atoms with Crippen molar-refractivity contribution in [2.24, 2.45) is 0 Å². The summed E-state index contributed by atoms with van der Waals surface area (Å²) in [6, 6.07) is 1.74. The average Bonchev–Trinajstić information content (AvgIpc) is 3.07.